The zero-order valence-corrected chi connectivity index (χ0v) is 8.85. The van der Waals surface area contributed by atoms with Crippen molar-refractivity contribution >= 4 is 11.8 Å². The lowest BCUT2D eigenvalue weighted by molar-refractivity contribution is 0.349. The molecule has 0 amide bonds. The van der Waals surface area contributed by atoms with Gasteiger partial charge in [-0.05, 0) is 26.7 Å². The van der Waals surface area contributed by atoms with E-state index in [1.807, 2.05) is 0 Å². The first-order valence-electron chi connectivity index (χ1n) is 4.47. The lowest BCUT2D eigenvalue weighted by Crippen LogP contribution is -2.46. The normalized spacial score (nSPS) is 27.3. The number of hydrogen-bond acceptors (Lipinski definition) is 2. The van der Waals surface area contributed by atoms with Crippen molar-refractivity contribution in [2.45, 2.75) is 50.9 Å². The molecule has 0 aliphatic carbocycles. The van der Waals surface area contributed by atoms with E-state index in [4.69, 9.17) is 0 Å². The lowest BCUT2D eigenvalue weighted by Gasteiger charge is -2.29. The van der Waals surface area contributed by atoms with Gasteiger partial charge in [-0.25, -0.2) is 0 Å². The maximum atomic E-state index is 3.71. The first-order valence-corrected chi connectivity index (χ1v) is 5.45. The summed E-state index contributed by atoms with van der Waals surface area (Å²) in [5.74, 6) is 1.24. The molecule has 1 heterocycles. The first-order chi connectivity index (χ1) is 5.04. The van der Waals surface area contributed by atoms with Gasteiger partial charge in [-0.3, -0.25) is 5.32 Å². The van der Waals surface area contributed by atoms with Crippen LogP contribution >= 0.6 is 11.8 Å². The average Bonchev–Trinajstić information content (AvgIpc) is 2.28. The molecule has 1 nitrogen and oxygen atoms in total. The van der Waals surface area contributed by atoms with E-state index in [2.05, 4.69) is 44.8 Å². The van der Waals surface area contributed by atoms with Gasteiger partial charge in [-0.1, -0.05) is 13.8 Å². The van der Waals surface area contributed by atoms with E-state index in [0.29, 0.717) is 10.4 Å². The second-order valence-electron chi connectivity index (χ2n) is 4.00. The molecule has 1 saturated heterocycles. The van der Waals surface area contributed by atoms with Crippen molar-refractivity contribution in [2.75, 3.05) is 5.75 Å². The Morgan fingerprint density at radius 1 is 1.27 bits per heavy atom. The maximum Gasteiger partial charge on any atom is 0.0644 e. The van der Waals surface area contributed by atoms with Crippen molar-refractivity contribution in [3.63, 3.8) is 0 Å². The van der Waals surface area contributed by atoms with Crippen LogP contribution in [0.2, 0.25) is 0 Å². The Labute approximate surface area is 74.3 Å². The third kappa shape index (κ3) is 1.91. The molecule has 1 fully saturated rings. The zero-order chi connectivity index (χ0) is 8.54. The van der Waals surface area contributed by atoms with Gasteiger partial charge in [0.25, 0.3) is 0 Å². The highest BCUT2D eigenvalue weighted by atomic mass is 32.2. The van der Waals surface area contributed by atoms with Crippen molar-refractivity contribution in [1.29, 1.82) is 0 Å². The van der Waals surface area contributed by atoms with Crippen LogP contribution in [0.15, 0.2) is 0 Å². The second kappa shape index (κ2) is 2.98. The molecule has 0 saturated carbocycles. The topological polar surface area (TPSA) is 12.0 Å². The van der Waals surface area contributed by atoms with Gasteiger partial charge >= 0.3 is 0 Å². The minimum absolute atomic E-state index is 0.344. The molecule has 0 aromatic heterocycles. The van der Waals surface area contributed by atoms with Crippen molar-refractivity contribution in [3.8, 4) is 0 Å². The summed E-state index contributed by atoms with van der Waals surface area (Å²) < 4.78 is 0. The fraction of sp³-hybridized carbons (Fsp3) is 1.00. The number of thioether (sulfide) groups is 1. The quantitative estimate of drug-likeness (QED) is 0.689. The molecular weight excluding hydrogens is 154 g/mol. The highest BCUT2D eigenvalue weighted by molar-refractivity contribution is 8.00. The SMILES string of the molecule is CCC1(CC)NC(C)(C)CS1. The molecule has 0 spiro atoms. The summed E-state index contributed by atoms with van der Waals surface area (Å²) in [5.41, 5.74) is 0.344. The summed E-state index contributed by atoms with van der Waals surface area (Å²) in [6.07, 6.45) is 2.47. The Bertz CT molecular complexity index is 138. The molecule has 11 heavy (non-hydrogen) atoms. The zero-order valence-electron chi connectivity index (χ0n) is 8.03. The molecule has 0 radical (unpaired) electrons. The fourth-order valence-corrected chi connectivity index (χ4v) is 3.10. The Morgan fingerprint density at radius 3 is 2.00 bits per heavy atom. The molecule has 1 rings (SSSR count). The standard InChI is InChI=1S/C9H19NS/c1-5-9(6-2)10-8(3,4)7-11-9/h10H,5-7H2,1-4H3. The molecule has 1 N–H and O–H groups in total. The molecule has 66 valence electrons. The Balaban J connectivity index is 2.62. The van der Waals surface area contributed by atoms with Crippen LogP contribution in [0.5, 0.6) is 0 Å². The van der Waals surface area contributed by atoms with E-state index in [1.165, 1.54) is 18.6 Å². The fourth-order valence-electron chi connectivity index (χ4n) is 1.64. The van der Waals surface area contributed by atoms with E-state index >= 15 is 0 Å². The predicted molar refractivity (Wildman–Crippen MR) is 53.0 cm³/mol. The van der Waals surface area contributed by atoms with Crippen molar-refractivity contribution in [3.05, 3.63) is 0 Å². The number of hydrogen-bond donors (Lipinski definition) is 1. The van der Waals surface area contributed by atoms with Crippen LogP contribution in [0.1, 0.15) is 40.5 Å². The van der Waals surface area contributed by atoms with Crippen molar-refractivity contribution in [1.82, 2.24) is 5.32 Å². The largest absolute Gasteiger partial charge is 0.297 e. The van der Waals surface area contributed by atoms with Gasteiger partial charge in [-0.15, -0.1) is 11.8 Å². The smallest absolute Gasteiger partial charge is 0.0644 e. The van der Waals surface area contributed by atoms with Crippen molar-refractivity contribution < 1.29 is 0 Å². The van der Waals surface area contributed by atoms with E-state index in [1.54, 1.807) is 0 Å². The minimum atomic E-state index is 0.344. The number of nitrogens with one attached hydrogen (secondary N) is 1. The van der Waals surface area contributed by atoms with Crippen LogP contribution in [-0.2, 0) is 0 Å². The molecule has 0 aromatic rings. The first kappa shape index (κ1) is 9.40. The van der Waals surface area contributed by atoms with Crippen LogP contribution in [-0.4, -0.2) is 16.2 Å². The molecule has 1 aliphatic rings. The number of rotatable bonds is 2. The predicted octanol–water partition coefficient (Wildman–Crippen LogP) is 2.62. The van der Waals surface area contributed by atoms with Gasteiger partial charge in [0.15, 0.2) is 0 Å². The molecule has 1 aliphatic heterocycles. The van der Waals surface area contributed by atoms with Gasteiger partial charge in [0.1, 0.15) is 0 Å². The monoisotopic (exact) mass is 173 g/mol. The average molecular weight is 173 g/mol. The Morgan fingerprint density at radius 2 is 1.82 bits per heavy atom. The van der Waals surface area contributed by atoms with Crippen LogP contribution in [0.4, 0.5) is 0 Å². The molecule has 0 unspecified atom stereocenters. The molecule has 0 aromatic carbocycles. The van der Waals surface area contributed by atoms with E-state index in [9.17, 15) is 0 Å². The summed E-state index contributed by atoms with van der Waals surface area (Å²) in [6, 6.07) is 0. The van der Waals surface area contributed by atoms with Crippen LogP contribution in [0.3, 0.4) is 0 Å². The summed E-state index contributed by atoms with van der Waals surface area (Å²) in [4.78, 5) is 0.378. The summed E-state index contributed by atoms with van der Waals surface area (Å²) in [6.45, 7) is 9.11. The van der Waals surface area contributed by atoms with E-state index in [-0.39, 0.29) is 0 Å². The minimum Gasteiger partial charge on any atom is -0.297 e. The third-order valence-electron chi connectivity index (χ3n) is 2.42. The van der Waals surface area contributed by atoms with Gasteiger partial charge in [-0.2, -0.15) is 0 Å². The molecule has 2 heteroatoms. The Hall–Kier alpha value is 0.310. The molecule has 0 atom stereocenters. The third-order valence-corrected chi connectivity index (χ3v) is 4.52. The lowest BCUT2D eigenvalue weighted by atomic mass is 10.0. The Kier molecular flexibility index (Phi) is 2.55. The molecule has 0 bridgehead atoms. The summed E-state index contributed by atoms with van der Waals surface area (Å²) >= 11 is 2.09. The van der Waals surface area contributed by atoms with Crippen LogP contribution < -0.4 is 5.32 Å². The molecular formula is C9H19NS. The maximum absolute atomic E-state index is 3.71. The van der Waals surface area contributed by atoms with Gasteiger partial charge in [0.2, 0.25) is 0 Å². The van der Waals surface area contributed by atoms with Gasteiger partial charge < -0.3 is 0 Å². The summed E-state index contributed by atoms with van der Waals surface area (Å²) in [5, 5.41) is 3.71. The second-order valence-corrected chi connectivity index (χ2v) is 5.36. The highest BCUT2D eigenvalue weighted by Gasteiger charge is 2.40. The van der Waals surface area contributed by atoms with Gasteiger partial charge in [0.05, 0.1) is 4.87 Å². The van der Waals surface area contributed by atoms with E-state index < -0.39 is 0 Å². The van der Waals surface area contributed by atoms with Crippen molar-refractivity contribution in [2.24, 2.45) is 0 Å². The van der Waals surface area contributed by atoms with Crippen LogP contribution in [0, 0.1) is 0 Å². The summed E-state index contributed by atoms with van der Waals surface area (Å²) in [7, 11) is 0. The highest BCUT2D eigenvalue weighted by Crippen LogP contribution is 2.39. The van der Waals surface area contributed by atoms with Gasteiger partial charge in [0, 0.05) is 11.3 Å². The van der Waals surface area contributed by atoms with Crippen LogP contribution in [0.25, 0.3) is 0 Å². The van der Waals surface area contributed by atoms with E-state index in [0.717, 1.165) is 0 Å².